The van der Waals surface area contributed by atoms with Crippen LogP contribution in [0, 0.1) is 0 Å². The molecule has 1 aromatic carbocycles. The van der Waals surface area contributed by atoms with Crippen LogP contribution in [0.2, 0.25) is 0 Å². The highest BCUT2D eigenvalue weighted by Gasteiger charge is 2.20. The first-order valence-electron chi connectivity index (χ1n) is 6.74. The van der Waals surface area contributed by atoms with E-state index in [9.17, 15) is 4.79 Å². The van der Waals surface area contributed by atoms with Crippen molar-refractivity contribution >= 4 is 5.91 Å². The lowest BCUT2D eigenvalue weighted by Gasteiger charge is -2.30. The van der Waals surface area contributed by atoms with Crippen molar-refractivity contribution in [2.45, 2.75) is 26.4 Å². The van der Waals surface area contributed by atoms with E-state index < -0.39 is 0 Å². The molecule has 1 rings (SSSR count). The molecule has 0 bridgehead atoms. The van der Waals surface area contributed by atoms with Gasteiger partial charge in [-0.3, -0.25) is 4.79 Å². The van der Waals surface area contributed by atoms with Gasteiger partial charge >= 0.3 is 0 Å². The van der Waals surface area contributed by atoms with Crippen molar-refractivity contribution in [2.75, 3.05) is 27.2 Å². The third-order valence-electron chi connectivity index (χ3n) is 3.20. The number of likely N-dealkylation sites (N-methyl/N-ethyl adjacent to an activating group) is 2. The second-order valence-corrected chi connectivity index (χ2v) is 5.10. The molecule has 0 heterocycles. The van der Waals surface area contributed by atoms with E-state index in [1.807, 2.05) is 50.2 Å². The van der Waals surface area contributed by atoms with Gasteiger partial charge in [0.15, 0.2) is 0 Å². The molecule has 0 saturated carbocycles. The highest BCUT2D eigenvalue weighted by atomic mass is 16.2. The molecular weight excluding hydrogens is 238 g/mol. The van der Waals surface area contributed by atoms with Gasteiger partial charge < -0.3 is 15.5 Å². The van der Waals surface area contributed by atoms with Crippen LogP contribution in [0.25, 0.3) is 0 Å². The molecule has 0 aromatic heterocycles. The number of carbonyl (C=O) groups excluding carboxylic acids is 1. The first-order chi connectivity index (χ1) is 8.99. The van der Waals surface area contributed by atoms with Crippen molar-refractivity contribution in [3.05, 3.63) is 35.4 Å². The Morgan fingerprint density at radius 3 is 2.26 bits per heavy atom. The highest BCUT2D eigenvalue weighted by molar-refractivity contribution is 5.94. The number of nitrogens with two attached hydrogens (primary N) is 1. The Morgan fingerprint density at radius 2 is 1.84 bits per heavy atom. The van der Waals surface area contributed by atoms with Gasteiger partial charge in [0.2, 0.25) is 0 Å². The molecule has 4 nitrogen and oxygen atoms in total. The van der Waals surface area contributed by atoms with E-state index in [-0.39, 0.29) is 11.9 Å². The van der Waals surface area contributed by atoms with Gasteiger partial charge in [-0.1, -0.05) is 12.1 Å². The Kier molecular flexibility index (Phi) is 5.99. The Bertz CT molecular complexity index is 400. The Hall–Kier alpha value is -1.39. The van der Waals surface area contributed by atoms with E-state index in [4.69, 9.17) is 5.73 Å². The third kappa shape index (κ3) is 4.33. The van der Waals surface area contributed by atoms with E-state index >= 15 is 0 Å². The predicted octanol–water partition coefficient (Wildman–Crippen LogP) is 1.56. The number of carbonyl (C=O) groups is 1. The lowest BCUT2D eigenvalue weighted by Crippen LogP contribution is -2.43. The van der Waals surface area contributed by atoms with E-state index in [1.165, 1.54) is 0 Å². The molecule has 106 valence electrons. The van der Waals surface area contributed by atoms with Crippen LogP contribution >= 0.6 is 0 Å². The largest absolute Gasteiger partial charge is 0.335 e. The van der Waals surface area contributed by atoms with E-state index in [2.05, 4.69) is 11.8 Å². The summed E-state index contributed by atoms with van der Waals surface area (Å²) in [5.74, 6) is 0.0837. The summed E-state index contributed by atoms with van der Waals surface area (Å²) >= 11 is 0. The minimum atomic E-state index is 0.0837. The van der Waals surface area contributed by atoms with Crippen molar-refractivity contribution in [1.82, 2.24) is 9.80 Å². The zero-order valence-electron chi connectivity index (χ0n) is 12.4. The molecule has 0 fully saturated rings. The Balaban J connectivity index is 2.82. The Labute approximate surface area is 116 Å². The zero-order chi connectivity index (χ0) is 14.4. The number of benzene rings is 1. The fourth-order valence-corrected chi connectivity index (χ4v) is 2.23. The van der Waals surface area contributed by atoms with Crippen molar-refractivity contribution in [2.24, 2.45) is 5.73 Å². The summed E-state index contributed by atoms with van der Waals surface area (Å²) in [6, 6.07) is 7.74. The summed E-state index contributed by atoms with van der Waals surface area (Å²) in [7, 11) is 4.04. The molecule has 1 amide bonds. The van der Waals surface area contributed by atoms with Crippen LogP contribution in [0.1, 0.15) is 29.8 Å². The van der Waals surface area contributed by atoms with Gasteiger partial charge in [-0.25, -0.2) is 0 Å². The average molecular weight is 263 g/mol. The van der Waals surface area contributed by atoms with Crippen LogP contribution in [-0.2, 0) is 6.54 Å². The molecule has 4 heteroatoms. The number of hydrogen-bond acceptors (Lipinski definition) is 3. The molecule has 0 aliphatic rings. The fourth-order valence-electron chi connectivity index (χ4n) is 2.23. The molecule has 1 atom stereocenters. The first-order valence-corrected chi connectivity index (χ1v) is 6.74. The van der Waals surface area contributed by atoms with Crippen LogP contribution in [0.4, 0.5) is 0 Å². The van der Waals surface area contributed by atoms with Gasteiger partial charge in [0, 0.05) is 31.2 Å². The summed E-state index contributed by atoms with van der Waals surface area (Å²) in [6.45, 7) is 6.17. The van der Waals surface area contributed by atoms with Crippen LogP contribution in [0.5, 0.6) is 0 Å². The van der Waals surface area contributed by atoms with Gasteiger partial charge in [0.1, 0.15) is 0 Å². The fraction of sp³-hybridized carbons (Fsp3) is 0.533. The number of amides is 1. The molecule has 1 unspecified atom stereocenters. The van der Waals surface area contributed by atoms with Crippen molar-refractivity contribution in [3.8, 4) is 0 Å². The summed E-state index contributed by atoms with van der Waals surface area (Å²) in [5, 5.41) is 0. The smallest absolute Gasteiger partial charge is 0.254 e. The van der Waals surface area contributed by atoms with Crippen LogP contribution in [0.15, 0.2) is 24.3 Å². The molecule has 19 heavy (non-hydrogen) atoms. The van der Waals surface area contributed by atoms with Gasteiger partial charge in [0.25, 0.3) is 5.91 Å². The number of hydrogen-bond donors (Lipinski definition) is 1. The minimum Gasteiger partial charge on any atom is -0.335 e. The first kappa shape index (κ1) is 15.7. The maximum absolute atomic E-state index is 12.5. The summed E-state index contributed by atoms with van der Waals surface area (Å²) in [4.78, 5) is 16.5. The Morgan fingerprint density at radius 1 is 1.26 bits per heavy atom. The average Bonchev–Trinajstić information content (AvgIpc) is 2.38. The van der Waals surface area contributed by atoms with E-state index in [1.54, 1.807) is 0 Å². The second-order valence-electron chi connectivity index (χ2n) is 5.10. The van der Waals surface area contributed by atoms with Crippen molar-refractivity contribution in [1.29, 1.82) is 0 Å². The number of rotatable bonds is 6. The standard InChI is InChI=1S/C15H25N3O/c1-5-18(12(2)11-17(3)4)15(19)14-8-6-13(10-16)7-9-14/h6-9,12H,5,10-11,16H2,1-4H3. The molecular formula is C15H25N3O. The maximum Gasteiger partial charge on any atom is 0.254 e. The SMILES string of the molecule is CCN(C(=O)c1ccc(CN)cc1)C(C)CN(C)C. The van der Waals surface area contributed by atoms with Gasteiger partial charge in [0.05, 0.1) is 0 Å². The highest BCUT2D eigenvalue weighted by Crippen LogP contribution is 2.10. The van der Waals surface area contributed by atoms with E-state index in [0.717, 1.165) is 17.7 Å². The molecule has 2 N–H and O–H groups in total. The minimum absolute atomic E-state index is 0.0837. The third-order valence-corrected chi connectivity index (χ3v) is 3.20. The summed E-state index contributed by atoms with van der Waals surface area (Å²) < 4.78 is 0. The zero-order valence-corrected chi connectivity index (χ0v) is 12.4. The van der Waals surface area contributed by atoms with Crippen molar-refractivity contribution in [3.63, 3.8) is 0 Å². The van der Waals surface area contributed by atoms with Crippen molar-refractivity contribution < 1.29 is 4.79 Å². The maximum atomic E-state index is 12.5. The second kappa shape index (κ2) is 7.26. The molecule has 0 saturated heterocycles. The summed E-state index contributed by atoms with van der Waals surface area (Å²) in [5.41, 5.74) is 7.33. The quantitative estimate of drug-likeness (QED) is 0.847. The molecule has 0 aliphatic heterocycles. The summed E-state index contributed by atoms with van der Waals surface area (Å²) in [6.07, 6.45) is 0. The molecule has 0 radical (unpaired) electrons. The predicted molar refractivity (Wildman–Crippen MR) is 79.1 cm³/mol. The molecule has 1 aromatic rings. The van der Waals surface area contributed by atoms with E-state index in [0.29, 0.717) is 13.1 Å². The molecule has 0 spiro atoms. The molecule has 0 aliphatic carbocycles. The van der Waals surface area contributed by atoms with Crippen LogP contribution in [0.3, 0.4) is 0 Å². The monoisotopic (exact) mass is 263 g/mol. The van der Waals surface area contributed by atoms with Gasteiger partial charge in [-0.2, -0.15) is 0 Å². The lowest BCUT2D eigenvalue weighted by molar-refractivity contribution is 0.0679. The lowest BCUT2D eigenvalue weighted by atomic mass is 10.1. The number of nitrogens with zero attached hydrogens (tertiary/aromatic N) is 2. The van der Waals surface area contributed by atoms with Crippen LogP contribution in [-0.4, -0.2) is 48.9 Å². The van der Waals surface area contributed by atoms with Gasteiger partial charge in [-0.15, -0.1) is 0 Å². The topological polar surface area (TPSA) is 49.6 Å². The van der Waals surface area contributed by atoms with Crippen LogP contribution < -0.4 is 5.73 Å². The normalized spacial score (nSPS) is 12.5. The van der Waals surface area contributed by atoms with Gasteiger partial charge in [-0.05, 0) is 45.6 Å².